The Morgan fingerprint density at radius 3 is 2.75 bits per heavy atom. The van der Waals surface area contributed by atoms with E-state index in [4.69, 9.17) is 11.6 Å². The van der Waals surface area contributed by atoms with Crippen LogP contribution in [0.2, 0.25) is 5.02 Å². The number of hydrogen-bond acceptors (Lipinski definition) is 4. The summed E-state index contributed by atoms with van der Waals surface area (Å²) < 4.78 is 0. The molecule has 3 aromatic rings. The maximum atomic E-state index is 12.7. The molecule has 1 atom stereocenters. The van der Waals surface area contributed by atoms with Crippen LogP contribution >= 0.6 is 22.9 Å². The first-order chi connectivity index (χ1) is 13.5. The van der Waals surface area contributed by atoms with Gasteiger partial charge in [-0.2, -0.15) is 0 Å². The standard InChI is InChI=1S/C21H18ClN3O2S/c1-13-19(14-6-3-2-4-7-14)23-21(28-13)24-20(27)15-10-18(26)25(12-15)17-9-5-8-16(22)11-17/h2-9,11,15H,10,12H2,1H3,(H,23,24,27). The Morgan fingerprint density at radius 1 is 1.21 bits per heavy atom. The molecule has 1 unspecified atom stereocenters. The van der Waals surface area contributed by atoms with Gasteiger partial charge in [0.15, 0.2) is 5.13 Å². The average molecular weight is 412 g/mol. The van der Waals surface area contributed by atoms with Crippen LogP contribution in [-0.4, -0.2) is 23.3 Å². The number of benzene rings is 2. The van der Waals surface area contributed by atoms with E-state index < -0.39 is 5.92 Å². The third kappa shape index (κ3) is 3.79. The Hall–Kier alpha value is -2.70. The summed E-state index contributed by atoms with van der Waals surface area (Å²) in [6.07, 6.45) is 0.175. The second-order valence-corrected chi connectivity index (χ2v) is 8.30. The van der Waals surface area contributed by atoms with E-state index >= 15 is 0 Å². The smallest absolute Gasteiger partial charge is 0.231 e. The summed E-state index contributed by atoms with van der Waals surface area (Å²) in [5.74, 6) is -0.690. The number of thiazole rings is 1. The van der Waals surface area contributed by atoms with Crippen LogP contribution in [0.5, 0.6) is 0 Å². The van der Waals surface area contributed by atoms with Crippen molar-refractivity contribution in [2.75, 3.05) is 16.8 Å². The van der Waals surface area contributed by atoms with Crippen molar-refractivity contribution in [2.24, 2.45) is 5.92 Å². The number of halogens is 1. The number of carbonyl (C=O) groups excluding carboxylic acids is 2. The van der Waals surface area contributed by atoms with Gasteiger partial charge in [-0.3, -0.25) is 9.59 Å². The van der Waals surface area contributed by atoms with E-state index in [0.717, 1.165) is 16.1 Å². The van der Waals surface area contributed by atoms with Crippen LogP contribution in [0.4, 0.5) is 10.8 Å². The molecule has 0 radical (unpaired) electrons. The van der Waals surface area contributed by atoms with Crippen molar-refractivity contribution in [2.45, 2.75) is 13.3 Å². The van der Waals surface area contributed by atoms with Crippen molar-refractivity contribution in [1.29, 1.82) is 0 Å². The van der Waals surface area contributed by atoms with E-state index in [2.05, 4.69) is 10.3 Å². The van der Waals surface area contributed by atoms with Crippen molar-refractivity contribution in [3.8, 4) is 11.3 Å². The minimum absolute atomic E-state index is 0.0808. The Kier molecular flexibility index (Phi) is 5.15. The number of carbonyl (C=O) groups is 2. The second-order valence-electron chi connectivity index (χ2n) is 6.66. The minimum atomic E-state index is -0.420. The van der Waals surface area contributed by atoms with Crippen LogP contribution in [0.3, 0.4) is 0 Å². The fourth-order valence-corrected chi connectivity index (χ4v) is 4.32. The van der Waals surface area contributed by atoms with Gasteiger partial charge in [-0.25, -0.2) is 4.98 Å². The zero-order chi connectivity index (χ0) is 19.7. The number of amides is 2. The molecule has 0 bridgehead atoms. The van der Waals surface area contributed by atoms with Crippen molar-refractivity contribution in [3.63, 3.8) is 0 Å². The van der Waals surface area contributed by atoms with Crippen LogP contribution in [0.15, 0.2) is 54.6 Å². The Bertz CT molecular complexity index is 1040. The Labute approximate surface area is 172 Å². The lowest BCUT2D eigenvalue weighted by Gasteiger charge is -2.16. The molecular formula is C21H18ClN3O2S. The molecule has 1 aliphatic rings. The Morgan fingerprint density at radius 2 is 2.00 bits per heavy atom. The lowest BCUT2D eigenvalue weighted by Crippen LogP contribution is -2.28. The van der Waals surface area contributed by atoms with Crippen LogP contribution in [0.1, 0.15) is 11.3 Å². The highest BCUT2D eigenvalue weighted by molar-refractivity contribution is 7.16. The van der Waals surface area contributed by atoms with Gasteiger partial charge in [-0.15, -0.1) is 11.3 Å². The third-order valence-corrected chi connectivity index (χ3v) is 5.81. The lowest BCUT2D eigenvalue weighted by atomic mass is 10.1. The summed E-state index contributed by atoms with van der Waals surface area (Å²) in [7, 11) is 0. The molecule has 4 rings (SSSR count). The monoisotopic (exact) mass is 411 g/mol. The van der Waals surface area contributed by atoms with Gasteiger partial charge < -0.3 is 10.2 Å². The predicted molar refractivity (Wildman–Crippen MR) is 113 cm³/mol. The first-order valence-corrected chi connectivity index (χ1v) is 10.1. The quantitative estimate of drug-likeness (QED) is 0.673. The Balaban J connectivity index is 1.47. The third-order valence-electron chi connectivity index (χ3n) is 4.69. The first kappa shape index (κ1) is 18.7. The minimum Gasteiger partial charge on any atom is -0.312 e. The number of nitrogens with zero attached hydrogens (tertiary/aromatic N) is 2. The molecule has 0 spiro atoms. The molecule has 1 aromatic heterocycles. The number of anilines is 2. The molecule has 28 heavy (non-hydrogen) atoms. The molecule has 1 fully saturated rings. The van der Waals surface area contributed by atoms with Crippen LogP contribution < -0.4 is 10.2 Å². The SMILES string of the molecule is Cc1sc(NC(=O)C2CC(=O)N(c3cccc(Cl)c3)C2)nc1-c1ccccc1. The van der Waals surface area contributed by atoms with Gasteiger partial charge in [0.2, 0.25) is 11.8 Å². The van der Waals surface area contributed by atoms with Gasteiger partial charge in [-0.1, -0.05) is 48.0 Å². The van der Waals surface area contributed by atoms with Gasteiger partial charge in [0.25, 0.3) is 0 Å². The second kappa shape index (κ2) is 7.73. The van der Waals surface area contributed by atoms with Crippen molar-refractivity contribution >= 4 is 45.6 Å². The van der Waals surface area contributed by atoms with E-state index in [1.54, 1.807) is 23.1 Å². The molecule has 5 nitrogen and oxygen atoms in total. The van der Waals surface area contributed by atoms with Crippen LogP contribution in [0, 0.1) is 12.8 Å². The van der Waals surface area contributed by atoms with Crippen molar-refractivity contribution < 1.29 is 9.59 Å². The summed E-state index contributed by atoms with van der Waals surface area (Å²) in [6.45, 7) is 2.32. The molecule has 2 heterocycles. The summed E-state index contributed by atoms with van der Waals surface area (Å²) >= 11 is 7.46. The molecule has 142 valence electrons. The maximum Gasteiger partial charge on any atom is 0.231 e. The average Bonchev–Trinajstić information content (AvgIpc) is 3.25. The molecule has 2 aromatic carbocycles. The van der Waals surface area contributed by atoms with E-state index in [9.17, 15) is 9.59 Å². The zero-order valence-corrected chi connectivity index (χ0v) is 16.8. The fourth-order valence-electron chi connectivity index (χ4n) is 3.30. The molecule has 0 aliphatic carbocycles. The molecule has 1 aliphatic heterocycles. The summed E-state index contributed by atoms with van der Waals surface area (Å²) in [5.41, 5.74) is 2.59. The molecule has 7 heteroatoms. The fraction of sp³-hybridized carbons (Fsp3) is 0.190. The van der Waals surface area contributed by atoms with Gasteiger partial charge in [-0.05, 0) is 25.1 Å². The zero-order valence-electron chi connectivity index (χ0n) is 15.2. The molecule has 2 amide bonds. The number of hydrogen-bond donors (Lipinski definition) is 1. The maximum absolute atomic E-state index is 12.7. The molecule has 1 N–H and O–H groups in total. The van der Waals surface area contributed by atoms with Crippen molar-refractivity contribution in [3.05, 3.63) is 64.5 Å². The van der Waals surface area contributed by atoms with Crippen LogP contribution in [-0.2, 0) is 9.59 Å². The first-order valence-electron chi connectivity index (χ1n) is 8.91. The number of aromatic nitrogens is 1. The van der Waals surface area contributed by atoms with Gasteiger partial charge in [0.05, 0.1) is 11.6 Å². The lowest BCUT2D eigenvalue weighted by molar-refractivity contribution is -0.122. The highest BCUT2D eigenvalue weighted by Crippen LogP contribution is 2.32. The van der Waals surface area contributed by atoms with E-state index in [0.29, 0.717) is 22.4 Å². The van der Waals surface area contributed by atoms with Crippen LogP contribution in [0.25, 0.3) is 11.3 Å². The molecule has 0 saturated carbocycles. The normalized spacial score (nSPS) is 16.4. The summed E-state index contributed by atoms with van der Waals surface area (Å²) in [4.78, 5) is 32.3. The summed E-state index contributed by atoms with van der Waals surface area (Å²) in [5, 5.41) is 3.99. The van der Waals surface area contributed by atoms with E-state index in [1.165, 1.54) is 11.3 Å². The highest BCUT2D eigenvalue weighted by atomic mass is 35.5. The van der Waals surface area contributed by atoms with E-state index in [-0.39, 0.29) is 18.2 Å². The van der Waals surface area contributed by atoms with Crippen molar-refractivity contribution in [1.82, 2.24) is 4.98 Å². The largest absolute Gasteiger partial charge is 0.312 e. The van der Waals surface area contributed by atoms with Gasteiger partial charge >= 0.3 is 0 Å². The number of aryl methyl sites for hydroxylation is 1. The number of rotatable bonds is 4. The molecular weight excluding hydrogens is 394 g/mol. The highest BCUT2D eigenvalue weighted by Gasteiger charge is 2.35. The van der Waals surface area contributed by atoms with Gasteiger partial charge in [0, 0.05) is 34.1 Å². The topological polar surface area (TPSA) is 62.3 Å². The number of nitrogens with one attached hydrogen (secondary N) is 1. The predicted octanol–water partition coefficient (Wildman–Crippen LogP) is 4.76. The summed E-state index contributed by atoms with van der Waals surface area (Å²) in [6, 6.07) is 17.0. The molecule has 1 saturated heterocycles. The van der Waals surface area contributed by atoms with Gasteiger partial charge in [0.1, 0.15) is 0 Å². The van der Waals surface area contributed by atoms with E-state index in [1.807, 2.05) is 43.3 Å².